The Morgan fingerprint density at radius 1 is 1.41 bits per heavy atom. The number of halogens is 2. The van der Waals surface area contributed by atoms with E-state index in [0.717, 1.165) is 11.4 Å². The molecular weight excluding hydrogens is 387 g/mol. The number of hydrogen-bond donors (Lipinski definition) is 2. The molecule has 27 heavy (non-hydrogen) atoms. The van der Waals surface area contributed by atoms with Crippen molar-refractivity contribution in [3.8, 4) is 11.4 Å². The topological polar surface area (TPSA) is 82.2 Å². The number of benzene rings is 1. The van der Waals surface area contributed by atoms with Gasteiger partial charge < -0.3 is 20.4 Å². The molecule has 1 saturated carbocycles. The number of ether oxygens (including phenoxy) is 1. The first-order valence-electron chi connectivity index (χ1n) is 8.59. The number of aryl methyl sites for hydroxylation is 1. The number of nitrogens with two attached hydrogens (primary N) is 1. The van der Waals surface area contributed by atoms with Crippen molar-refractivity contribution in [1.82, 2.24) is 9.55 Å². The van der Waals surface area contributed by atoms with Crippen molar-refractivity contribution in [2.45, 2.75) is 38.8 Å². The van der Waals surface area contributed by atoms with Crippen LogP contribution in [0.1, 0.15) is 27.2 Å². The number of carbonyl (C=O) groups is 1. The normalized spacial score (nSPS) is 22.8. The lowest BCUT2D eigenvalue weighted by Crippen LogP contribution is -2.74. The van der Waals surface area contributed by atoms with E-state index >= 15 is 0 Å². The lowest BCUT2D eigenvalue weighted by molar-refractivity contribution is -0.166. The van der Waals surface area contributed by atoms with E-state index in [1.54, 1.807) is 6.20 Å². The van der Waals surface area contributed by atoms with Gasteiger partial charge in [-0.05, 0) is 19.1 Å². The molecule has 2 atom stereocenters. The summed E-state index contributed by atoms with van der Waals surface area (Å²) >= 11 is 0. The van der Waals surface area contributed by atoms with Crippen LogP contribution in [0.5, 0.6) is 0 Å². The lowest BCUT2D eigenvalue weighted by atomic mass is 9.54. The first kappa shape index (κ1) is 23.4. The lowest BCUT2D eigenvalue weighted by Gasteiger charge is -2.57. The predicted molar refractivity (Wildman–Crippen MR) is 113 cm³/mol. The second kappa shape index (κ2) is 8.61. The average Bonchev–Trinajstić information content (AvgIpc) is 3.00. The van der Waals surface area contributed by atoms with Gasteiger partial charge in [-0.25, -0.2) is 4.98 Å². The molecule has 1 aliphatic carbocycles. The van der Waals surface area contributed by atoms with E-state index in [4.69, 9.17) is 10.5 Å². The zero-order chi connectivity index (χ0) is 18.2. The second-order valence-electron chi connectivity index (χ2n) is 7.24. The highest BCUT2D eigenvalue weighted by Crippen LogP contribution is 2.50. The van der Waals surface area contributed by atoms with Gasteiger partial charge in [-0.3, -0.25) is 4.79 Å². The largest absolute Gasteiger partial charge is 0.378 e. The Kier molecular flexibility index (Phi) is 7.47. The molecule has 1 aliphatic rings. The molecule has 8 heteroatoms. The Labute approximate surface area is 172 Å². The number of amides is 1. The highest BCUT2D eigenvalue weighted by molar-refractivity contribution is 6.00. The molecule has 2 unspecified atom stereocenters. The minimum Gasteiger partial charge on any atom is -0.378 e. The van der Waals surface area contributed by atoms with Gasteiger partial charge in [-0.1, -0.05) is 26.0 Å². The van der Waals surface area contributed by atoms with Crippen molar-refractivity contribution in [2.75, 3.05) is 11.9 Å². The van der Waals surface area contributed by atoms with Crippen molar-refractivity contribution in [3.63, 3.8) is 0 Å². The number of nitrogens with zero attached hydrogens (tertiary/aromatic N) is 2. The smallest absolute Gasteiger partial charge is 0.245 e. The van der Waals surface area contributed by atoms with Gasteiger partial charge in [0.1, 0.15) is 11.4 Å². The van der Waals surface area contributed by atoms with Gasteiger partial charge in [0, 0.05) is 49.1 Å². The number of nitrogens with one attached hydrogen (secondary N) is 1. The fraction of sp³-hybridized carbons (Fsp3) is 0.474. The summed E-state index contributed by atoms with van der Waals surface area (Å²) in [6.07, 6.45) is 4.17. The van der Waals surface area contributed by atoms with Gasteiger partial charge >= 0.3 is 0 Å². The van der Waals surface area contributed by atoms with Crippen molar-refractivity contribution in [3.05, 3.63) is 36.7 Å². The van der Waals surface area contributed by atoms with Crippen LogP contribution in [0.15, 0.2) is 36.7 Å². The number of imidazole rings is 1. The van der Waals surface area contributed by atoms with Crippen LogP contribution in [0.4, 0.5) is 5.69 Å². The number of carbonyl (C=O) groups excluding carboxylic acids is 1. The van der Waals surface area contributed by atoms with E-state index in [-0.39, 0.29) is 36.8 Å². The van der Waals surface area contributed by atoms with Gasteiger partial charge in [0.15, 0.2) is 0 Å². The van der Waals surface area contributed by atoms with Gasteiger partial charge in [-0.15, -0.1) is 24.8 Å². The molecule has 0 aliphatic heterocycles. The van der Waals surface area contributed by atoms with E-state index in [1.165, 1.54) is 0 Å². The van der Waals surface area contributed by atoms with Crippen LogP contribution < -0.4 is 11.1 Å². The number of anilines is 1. The number of hydrogen-bond acceptors (Lipinski definition) is 4. The molecule has 0 radical (unpaired) electrons. The summed E-state index contributed by atoms with van der Waals surface area (Å²) in [4.78, 5) is 17.2. The molecule has 0 bridgehead atoms. The summed E-state index contributed by atoms with van der Waals surface area (Å²) in [7, 11) is 1.94. The third-order valence-electron chi connectivity index (χ3n) is 5.43. The van der Waals surface area contributed by atoms with Crippen molar-refractivity contribution >= 4 is 36.4 Å². The Morgan fingerprint density at radius 3 is 2.67 bits per heavy atom. The van der Waals surface area contributed by atoms with Gasteiger partial charge in [0.25, 0.3) is 0 Å². The Hall–Kier alpha value is -1.60. The van der Waals surface area contributed by atoms with Crippen molar-refractivity contribution in [1.29, 1.82) is 0 Å². The molecule has 0 spiro atoms. The average molecular weight is 415 g/mol. The van der Waals surface area contributed by atoms with Crippen molar-refractivity contribution < 1.29 is 9.53 Å². The quantitative estimate of drug-likeness (QED) is 0.784. The third-order valence-corrected chi connectivity index (χ3v) is 5.43. The molecule has 2 aromatic rings. The molecule has 1 aromatic carbocycles. The van der Waals surface area contributed by atoms with Gasteiger partial charge in [-0.2, -0.15) is 0 Å². The molecule has 1 heterocycles. The SMILES string of the molecule is CCOC1CC(N)(C(=O)Nc2cccc(-c3nccn3C)c2)C1(C)C.Cl.Cl. The Morgan fingerprint density at radius 2 is 2.11 bits per heavy atom. The maximum atomic E-state index is 12.8. The second-order valence-corrected chi connectivity index (χ2v) is 7.24. The first-order valence-corrected chi connectivity index (χ1v) is 8.59. The molecule has 1 aromatic heterocycles. The van der Waals surface area contributed by atoms with Gasteiger partial charge in [0.2, 0.25) is 5.91 Å². The zero-order valence-corrected chi connectivity index (χ0v) is 17.7. The molecule has 3 rings (SSSR count). The first-order chi connectivity index (χ1) is 11.8. The van der Waals surface area contributed by atoms with Crippen LogP contribution in [-0.4, -0.2) is 33.7 Å². The number of aromatic nitrogens is 2. The monoisotopic (exact) mass is 414 g/mol. The zero-order valence-electron chi connectivity index (χ0n) is 16.1. The molecule has 1 fully saturated rings. The van der Waals surface area contributed by atoms with E-state index in [2.05, 4.69) is 10.3 Å². The molecule has 0 saturated heterocycles. The number of rotatable bonds is 5. The maximum Gasteiger partial charge on any atom is 0.245 e. The molecular formula is C19H28Cl2N4O2. The van der Waals surface area contributed by atoms with Crippen LogP contribution in [0.3, 0.4) is 0 Å². The summed E-state index contributed by atoms with van der Waals surface area (Å²) in [5.41, 5.74) is 6.75. The molecule has 150 valence electrons. The van der Waals surface area contributed by atoms with Crippen LogP contribution in [0, 0.1) is 5.41 Å². The molecule has 1 amide bonds. The third kappa shape index (κ3) is 3.99. The minimum absolute atomic E-state index is 0. The van der Waals surface area contributed by atoms with Crippen LogP contribution in [-0.2, 0) is 16.6 Å². The van der Waals surface area contributed by atoms with Crippen molar-refractivity contribution in [2.24, 2.45) is 18.2 Å². The van der Waals surface area contributed by atoms with Crippen LogP contribution >= 0.6 is 24.8 Å². The summed E-state index contributed by atoms with van der Waals surface area (Å²) in [6, 6.07) is 7.64. The molecule has 3 N–H and O–H groups in total. The fourth-order valence-electron chi connectivity index (χ4n) is 3.44. The van der Waals surface area contributed by atoms with E-state index in [9.17, 15) is 4.79 Å². The minimum atomic E-state index is -0.938. The standard InChI is InChI=1S/C19H26N4O2.2ClH/c1-5-25-15-12-19(20,18(15,2)3)17(24)22-14-8-6-7-13(11-14)16-21-9-10-23(16)4;;/h6-11,15H,5,12,20H2,1-4H3,(H,22,24);2*1H. The Bertz CT molecular complexity index is 794. The summed E-state index contributed by atoms with van der Waals surface area (Å²) in [6.45, 7) is 6.55. The van der Waals surface area contributed by atoms with Crippen LogP contribution in [0.2, 0.25) is 0 Å². The van der Waals surface area contributed by atoms with E-state index < -0.39 is 11.0 Å². The summed E-state index contributed by atoms with van der Waals surface area (Å²) in [5, 5.41) is 2.97. The van der Waals surface area contributed by atoms with E-state index in [0.29, 0.717) is 18.7 Å². The molecule has 6 nitrogen and oxygen atoms in total. The van der Waals surface area contributed by atoms with E-state index in [1.807, 2.05) is 62.8 Å². The highest BCUT2D eigenvalue weighted by Gasteiger charge is 2.62. The van der Waals surface area contributed by atoms with Crippen LogP contribution in [0.25, 0.3) is 11.4 Å². The maximum absolute atomic E-state index is 12.8. The predicted octanol–water partition coefficient (Wildman–Crippen LogP) is 3.40. The Balaban J connectivity index is 0.00000182. The highest BCUT2D eigenvalue weighted by atomic mass is 35.5. The summed E-state index contributed by atoms with van der Waals surface area (Å²) in [5.74, 6) is 0.671. The fourth-order valence-corrected chi connectivity index (χ4v) is 3.44. The summed E-state index contributed by atoms with van der Waals surface area (Å²) < 4.78 is 7.64. The van der Waals surface area contributed by atoms with Gasteiger partial charge in [0.05, 0.1) is 6.10 Å².